The fourth-order valence-corrected chi connectivity index (χ4v) is 1.95. The van der Waals surface area contributed by atoms with E-state index >= 15 is 0 Å². The second kappa shape index (κ2) is 3.71. The molecule has 2 heterocycles. The Morgan fingerprint density at radius 1 is 1.25 bits per heavy atom. The number of hydrogen-bond donors (Lipinski definition) is 1. The number of nitrogens with zero attached hydrogens (tertiary/aromatic N) is 4. The van der Waals surface area contributed by atoms with Crippen LogP contribution in [0.5, 0.6) is 0 Å². The van der Waals surface area contributed by atoms with E-state index in [2.05, 4.69) is 36.5 Å². The van der Waals surface area contributed by atoms with Crippen LogP contribution >= 0.6 is 15.9 Å². The van der Waals surface area contributed by atoms with Crippen molar-refractivity contribution in [1.29, 1.82) is 0 Å². The summed E-state index contributed by atoms with van der Waals surface area (Å²) in [6.07, 6.45) is 0. The van der Waals surface area contributed by atoms with Crippen molar-refractivity contribution in [2.45, 2.75) is 6.54 Å². The predicted octanol–water partition coefficient (Wildman–Crippen LogP) is 1.87. The van der Waals surface area contributed by atoms with Gasteiger partial charge in [0.25, 0.3) is 0 Å². The minimum Gasteiger partial charge on any atom is -0.245 e. The molecule has 0 radical (unpaired) electrons. The van der Waals surface area contributed by atoms with Crippen LogP contribution in [0.2, 0.25) is 0 Å². The molecule has 0 amide bonds. The summed E-state index contributed by atoms with van der Waals surface area (Å²) in [6.45, 7) is 0.630. The largest absolute Gasteiger partial charge is 0.245 e. The Balaban J connectivity index is 1.94. The van der Waals surface area contributed by atoms with Crippen LogP contribution in [0.3, 0.4) is 0 Å². The van der Waals surface area contributed by atoms with E-state index in [1.807, 2.05) is 30.3 Å². The molecule has 80 valence electrons. The second-order valence-corrected chi connectivity index (χ2v) is 4.11. The van der Waals surface area contributed by atoms with Gasteiger partial charge in [0.2, 0.25) is 10.7 Å². The highest BCUT2D eigenvalue weighted by atomic mass is 79.9. The van der Waals surface area contributed by atoms with Gasteiger partial charge in [-0.2, -0.15) is 10.1 Å². The first-order valence-electron chi connectivity index (χ1n) is 4.81. The maximum atomic E-state index is 4.28. The van der Waals surface area contributed by atoms with Crippen LogP contribution < -0.4 is 5.43 Å². The Labute approximate surface area is 100 Å². The normalized spacial score (nSPS) is 13.9. The van der Waals surface area contributed by atoms with Gasteiger partial charge < -0.3 is 0 Å². The third-order valence-electron chi connectivity index (χ3n) is 2.34. The molecule has 1 aliphatic heterocycles. The van der Waals surface area contributed by atoms with Crippen LogP contribution in [0.1, 0.15) is 5.56 Å². The molecule has 6 heteroatoms. The van der Waals surface area contributed by atoms with E-state index < -0.39 is 0 Å². The van der Waals surface area contributed by atoms with Crippen molar-refractivity contribution in [3.63, 3.8) is 0 Å². The fourth-order valence-electron chi connectivity index (χ4n) is 1.59. The van der Waals surface area contributed by atoms with Crippen LogP contribution in [-0.4, -0.2) is 20.5 Å². The maximum absolute atomic E-state index is 4.28. The van der Waals surface area contributed by atoms with E-state index in [0.717, 1.165) is 11.3 Å². The van der Waals surface area contributed by atoms with Gasteiger partial charge in [0.05, 0.1) is 12.3 Å². The molecule has 1 aromatic heterocycles. The number of aromatic nitrogens is 3. The van der Waals surface area contributed by atoms with Crippen molar-refractivity contribution >= 4 is 27.6 Å². The van der Waals surface area contributed by atoms with Gasteiger partial charge >= 0.3 is 0 Å². The van der Waals surface area contributed by atoms with Gasteiger partial charge in [0.1, 0.15) is 0 Å². The molecule has 0 saturated carbocycles. The van der Waals surface area contributed by atoms with E-state index in [1.54, 1.807) is 4.68 Å². The summed E-state index contributed by atoms with van der Waals surface area (Å²) in [6, 6.07) is 10.0. The van der Waals surface area contributed by atoms with Crippen molar-refractivity contribution in [2.75, 3.05) is 5.43 Å². The zero-order valence-corrected chi connectivity index (χ0v) is 9.85. The number of hydrazone groups is 1. The van der Waals surface area contributed by atoms with Gasteiger partial charge in [0.15, 0.2) is 0 Å². The minimum atomic E-state index is 0.569. The standard InChI is InChI=1S/C10H8BrN5/c11-9-12-10-14-13-8(6-16(10)15-9)7-4-2-1-3-5-7/h1-5H,6H2,(H,12,14,15). The molecule has 0 bridgehead atoms. The number of anilines is 1. The minimum absolute atomic E-state index is 0.569. The number of benzene rings is 1. The van der Waals surface area contributed by atoms with E-state index in [4.69, 9.17) is 0 Å². The molecule has 0 fully saturated rings. The first kappa shape index (κ1) is 9.53. The molecule has 0 saturated heterocycles. The van der Waals surface area contributed by atoms with Crippen molar-refractivity contribution in [1.82, 2.24) is 14.8 Å². The smallest absolute Gasteiger partial charge is 0.243 e. The summed E-state index contributed by atoms with van der Waals surface area (Å²) >= 11 is 3.23. The van der Waals surface area contributed by atoms with E-state index in [0.29, 0.717) is 17.2 Å². The van der Waals surface area contributed by atoms with Crippen molar-refractivity contribution in [3.8, 4) is 0 Å². The summed E-state index contributed by atoms with van der Waals surface area (Å²) in [5, 5.41) is 8.48. The molecule has 1 N–H and O–H groups in total. The lowest BCUT2D eigenvalue weighted by molar-refractivity contribution is 0.708. The Hall–Kier alpha value is -1.69. The summed E-state index contributed by atoms with van der Waals surface area (Å²) in [5.41, 5.74) is 4.92. The van der Waals surface area contributed by atoms with Crippen LogP contribution in [-0.2, 0) is 6.54 Å². The number of rotatable bonds is 1. The lowest BCUT2D eigenvalue weighted by atomic mass is 10.1. The summed E-state index contributed by atoms with van der Waals surface area (Å²) in [5.74, 6) is 0.659. The zero-order valence-electron chi connectivity index (χ0n) is 8.26. The predicted molar refractivity (Wildman–Crippen MR) is 64.3 cm³/mol. The highest BCUT2D eigenvalue weighted by Gasteiger charge is 2.16. The maximum Gasteiger partial charge on any atom is 0.243 e. The summed E-state index contributed by atoms with van der Waals surface area (Å²) in [7, 11) is 0. The fraction of sp³-hybridized carbons (Fsp3) is 0.100. The molecule has 16 heavy (non-hydrogen) atoms. The zero-order chi connectivity index (χ0) is 11.0. The quantitative estimate of drug-likeness (QED) is 0.866. The summed E-state index contributed by atoms with van der Waals surface area (Å²) < 4.78 is 2.35. The van der Waals surface area contributed by atoms with Crippen LogP contribution in [0, 0.1) is 0 Å². The third-order valence-corrected chi connectivity index (χ3v) is 2.68. The monoisotopic (exact) mass is 277 g/mol. The van der Waals surface area contributed by atoms with Gasteiger partial charge in [-0.3, -0.25) is 0 Å². The first-order chi connectivity index (χ1) is 7.83. The highest BCUT2D eigenvalue weighted by molar-refractivity contribution is 9.10. The molecule has 0 aliphatic carbocycles. The average Bonchev–Trinajstić information content (AvgIpc) is 2.69. The van der Waals surface area contributed by atoms with Crippen LogP contribution in [0.25, 0.3) is 0 Å². The molecule has 0 unspecified atom stereocenters. The van der Waals surface area contributed by atoms with Gasteiger partial charge in [-0.1, -0.05) is 30.3 Å². The molecular weight excluding hydrogens is 270 g/mol. The van der Waals surface area contributed by atoms with E-state index in [-0.39, 0.29) is 0 Å². The molecule has 1 aromatic carbocycles. The van der Waals surface area contributed by atoms with E-state index in [9.17, 15) is 0 Å². The number of halogens is 1. The Kier molecular flexibility index (Phi) is 2.21. The molecule has 5 nitrogen and oxygen atoms in total. The van der Waals surface area contributed by atoms with Crippen molar-refractivity contribution in [2.24, 2.45) is 5.10 Å². The topological polar surface area (TPSA) is 55.1 Å². The summed E-state index contributed by atoms with van der Waals surface area (Å²) in [4.78, 5) is 4.13. The molecule has 2 aromatic rings. The Morgan fingerprint density at radius 3 is 2.88 bits per heavy atom. The second-order valence-electron chi connectivity index (χ2n) is 3.40. The van der Waals surface area contributed by atoms with E-state index in [1.165, 1.54) is 0 Å². The molecule has 3 rings (SSSR count). The molecule has 0 atom stereocenters. The SMILES string of the molecule is Brc1nc2n(n1)CC(c1ccccc1)=NN2. The molecule has 1 aliphatic rings. The lowest BCUT2D eigenvalue weighted by Gasteiger charge is -2.13. The molecular formula is C10H8BrN5. The van der Waals surface area contributed by atoms with Gasteiger partial charge in [0, 0.05) is 0 Å². The van der Waals surface area contributed by atoms with Crippen molar-refractivity contribution in [3.05, 3.63) is 40.6 Å². The van der Waals surface area contributed by atoms with Crippen LogP contribution in [0.4, 0.5) is 5.95 Å². The van der Waals surface area contributed by atoms with Gasteiger partial charge in [-0.15, -0.1) is 5.10 Å². The first-order valence-corrected chi connectivity index (χ1v) is 5.60. The third kappa shape index (κ3) is 1.61. The molecule has 0 spiro atoms. The lowest BCUT2D eigenvalue weighted by Crippen LogP contribution is -2.21. The number of fused-ring (bicyclic) bond motifs is 1. The highest BCUT2D eigenvalue weighted by Crippen LogP contribution is 2.15. The van der Waals surface area contributed by atoms with Crippen molar-refractivity contribution < 1.29 is 0 Å². The van der Waals surface area contributed by atoms with Gasteiger partial charge in [-0.25, -0.2) is 10.1 Å². The Bertz CT molecular complexity index is 546. The van der Waals surface area contributed by atoms with Gasteiger partial charge in [-0.05, 0) is 21.5 Å². The van der Waals surface area contributed by atoms with Crippen LogP contribution in [0.15, 0.2) is 40.2 Å². The average molecular weight is 278 g/mol. The number of nitrogens with one attached hydrogen (secondary N) is 1. The Morgan fingerprint density at radius 2 is 2.06 bits per heavy atom. The number of hydrogen-bond acceptors (Lipinski definition) is 4.